The third-order valence-corrected chi connectivity index (χ3v) is 7.08. The number of ether oxygens (including phenoxy) is 1. The van der Waals surface area contributed by atoms with E-state index in [-0.39, 0.29) is 5.78 Å². The highest BCUT2D eigenvalue weighted by Gasteiger charge is 2.51. The number of benzene rings is 3. The zero-order chi connectivity index (χ0) is 22.1. The zero-order valence-electron chi connectivity index (χ0n) is 18.9. The van der Waals surface area contributed by atoms with Crippen molar-refractivity contribution in [3.63, 3.8) is 0 Å². The second kappa shape index (κ2) is 8.53. The van der Waals surface area contributed by atoms with E-state index in [2.05, 4.69) is 59.2 Å². The van der Waals surface area contributed by atoms with E-state index in [0.717, 1.165) is 61.6 Å². The van der Waals surface area contributed by atoms with Crippen LogP contribution in [0.3, 0.4) is 0 Å². The standard InChI is InChI=1S/C28H30N2O2/c1-21-8-7-11-24(18-21)28(19-22-9-3-5-12-25(22)27(28)31)30-16-14-29(15-17-30)20-23-10-4-6-13-26(23)32-2/h3-13,18H,14-17,19-20H2,1-2H3. The van der Waals surface area contributed by atoms with Crippen LogP contribution in [0.15, 0.2) is 72.8 Å². The molecule has 1 aliphatic carbocycles. The summed E-state index contributed by atoms with van der Waals surface area (Å²) in [5.74, 6) is 1.18. The first-order valence-electron chi connectivity index (χ1n) is 11.4. The van der Waals surface area contributed by atoms with Crippen molar-refractivity contribution in [2.24, 2.45) is 0 Å². The molecule has 1 heterocycles. The van der Waals surface area contributed by atoms with Gasteiger partial charge in [0.05, 0.1) is 7.11 Å². The van der Waals surface area contributed by atoms with Crippen LogP contribution < -0.4 is 4.74 Å². The van der Waals surface area contributed by atoms with E-state index in [1.54, 1.807) is 7.11 Å². The Labute approximate surface area is 190 Å². The van der Waals surface area contributed by atoms with Crippen LogP contribution in [-0.4, -0.2) is 48.9 Å². The number of hydrogen-bond donors (Lipinski definition) is 0. The molecule has 0 amide bonds. The summed E-state index contributed by atoms with van der Waals surface area (Å²) in [7, 11) is 1.73. The number of hydrogen-bond acceptors (Lipinski definition) is 4. The van der Waals surface area contributed by atoms with E-state index in [9.17, 15) is 4.79 Å². The van der Waals surface area contributed by atoms with Gasteiger partial charge >= 0.3 is 0 Å². The van der Waals surface area contributed by atoms with Gasteiger partial charge < -0.3 is 4.74 Å². The molecule has 0 spiro atoms. The predicted molar refractivity (Wildman–Crippen MR) is 127 cm³/mol. The van der Waals surface area contributed by atoms with Gasteiger partial charge in [-0.25, -0.2) is 0 Å². The van der Waals surface area contributed by atoms with Crippen LogP contribution in [0.4, 0.5) is 0 Å². The van der Waals surface area contributed by atoms with Crippen LogP contribution in [0.1, 0.15) is 32.6 Å². The molecule has 0 bridgehead atoms. The van der Waals surface area contributed by atoms with Crippen LogP contribution in [0, 0.1) is 6.92 Å². The van der Waals surface area contributed by atoms with E-state index >= 15 is 0 Å². The summed E-state index contributed by atoms with van der Waals surface area (Å²) in [6, 6.07) is 24.9. The maximum absolute atomic E-state index is 13.9. The molecule has 4 heteroatoms. The number of nitrogens with zero attached hydrogens (tertiary/aromatic N) is 2. The lowest BCUT2D eigenvalue weighted by Gasteiger charge is -2.45. The largest absolute Gasteiger partial charge is 0.496 e. The lowest BCUT2D eigenvalue weighted by molar-refractivity contribution is 0.0287. The molecular weight excluding hydrogens is 396 g/mol. The van der Waals surface area contributed by atoms with E-state index < -0.39 is 5.54 Å². The molecule has 2 aliphatic rings. The molecule has 1 unspecified atom stereocenters. The molecule has 3 aromatic carbocycles. The number of ketones is 1. The molecule has 1 fully saturated rings. The monoisotopic (exact) mass is 426 g/mol. The summed E-state index contributed by atoms with van der Waals surface area (Å²) < 4.78 is 5.54. The number of methoxy groups -OCH3 is 1. The van der Waals surface area contributed by atoms with Crippen LogP contribution in [0.25, 0.3) is 0 Å². The number of rotatable bonds is 5. The molecule has 0 N–H and O–H groups in total. The average molecular weight is 427 g/mol. The molecule has 3 aromatic rings. The Bertz CT molecular complexity index is 1130. The second-order valence-electron chi connectivity index (χ2n) is 8.97. The molecule has 0 saturated carbocycles. The molecule has 4 nitrogen and oxygen atoms in total. The zero-order valence-corrected chi connectivity index (χ0v) is 18.9. The summed E-state index contributed by atoms with van der Waals surface area (Å²) in [5, 5.41) is 0. The predicted octanol–water partition coefficient (Wildman–Crippen LogP) is 4.46. The number of carbonyl (C=O) groups excluding carboxylic acids is 1. The number of para-hydroxylation sites is 1. The van der Waals surface area contributed by atoms with E-state index in [1.165, 1.54) is 11.1 Å². The smallest absolute Gasteiger partial charge is 0.188 e. The topological polar surface area (TPSA) is 32.8 Å². The van der Waals surface area contributed by atoms with Gasteiger partial charge in [0, 0.05) is 50.3 Å². The molecule has 1 saturated heterocycles. The van der Waals surface area contributed by atoms with Gasteiger partial charge in [-0.05, 0) is 24.1 Å². The maximum Gasteiger partial charge on any atom is 0.188 e. The summed E-state index contributed by atoms with van der Waals surface area (Å²) >= 11 is 0. The van der Waals surface area contributed by atoms with Crippen LogP contribution >= 0.6 is 0 Å². The molecule has 32 heavy (non-hydrogen) atoms. The lowest BCUT2D eigenvalue weighted by atomic mass is 9.82. The van der Waals surface area contributed by atoms with Crippen LogP contribution in [0.5, 0.6) is 5.75 Å². The molecule has 1 aliphatic heterocycles. The Balaban J connectivity index is 1.42. The highest BCUT2D eigenvalue weighted by Crippen LogP contribution is 2.43. The summed E-state index contributed by atoms with van der Waals surface area (Å²) in [6.45, 7) is 6.55. The fourth-order valence-electron chi connectivity index (χ4n) is 5.41. The van der Waals surface area contributed by atoms with Crippen LogP contribution in [0.2, 0.25) is 0 Å². The minimum Gasteiger partial charge on any atom is -0.496 e. The molecule has 5 rings (SSSR count). The summed E-state index contributed by atoms with van der Waals surface area (Å²) in [5.41, 5.74) is 4.96. The van der Waals surface area contributed by atoms with Crippen LogP contribution in [-0.2, 0) is 18.5 Å². The molecular formula is C28H30N2O2. The van der Waals surface area contributed by atoms with E-state index in [1.807, 2.05) is 30.3 Å². The summed E-state index contributed by atoms with van der Waals surface area (Å²) in [4.78, 5) is 18.8. The number of aryl methyl sites for hydroxylation is 1. The van der Waals surface area contributed by atoms with Crippen molar-refractivity contribution in [2.75, 3.05) is 33.3 Å². The van der Waals surface area contributed by atoms with Crippen molar-refractivity contribution in [1.82, 2.24) is 9.80 Å². The third-order valence-electron chi connectivity index (χ3n) is 7.08. The van der Waals surface area contributed by atoms with Crippen molar-refractivity contribution in [2.45, 2.75) is 25.4 Å². The average Bonchev–Trinajstić information content (AvgIpc) is 3.13. The van der Waals surface area contributed by atoms with Gasteiger partial charge in [0.25, 0.3) is 0 Å². The Kier molecular flexibility index (Phi) is 5.58. The van der Waals surface area contributed by atoms with Crippen molar-refractivity contribution in [1.29, 1.82) is 0 Å². The minimum absolute atomic E-state index is 0.247. The first kappa shape index (κ1) is 20.9. The Morgan fingerprint density at radius 3 is 2.41 bits per heavy atom. The maximum atomic E-state index is 13.9. The van der Waals surface area contributed by atoms with Gasteiger partial charge in [0.15, 0.2) is 5.78 Å². The Morgan fingerprint density at radius 1 is 0.906 bits per heavy atom. The molecule has 1 atom stereocenters. The van der Waals surface area contributed by atoms with E-state index in [0.29, 0.717) is 0 Å². The highest BCUT2D eigenvalue weighted by molar-refractivity contribution is 6.08. The fraction of sp³-hybridized carbons (Fsp3) is 0.321. The second-order valence-corrected chi connectivity index (χ2v) is 8.97. The third kappa shape index (κ3) is 3.54. The Hall–Kier alpha value is -2.95. The highest BCUT2D eigenvalue weighted by atomic mass is 16.5. The van der Waals surface area contributed by atoms with E-state index in [4.69, 9.17) is 4.74 Å². The van der Waals surface area contributed by atoms with Gasteiger partial charge in [0.2, 0.25) is 0 Å². The number of carbonyl (C=O) groups is 1. The van der Waals surface area contributed by atoms with Gasteiger partial charge in [0.1, 0.15) is 11.3 Å². The first-order valence-corrected chi connectivity index (χ1v) is 11.4. The molecule has 0 radical (unpaired) electrons. The number of Topliss-reactive ketones (excluding diaryl/α,β-unsaturated/α-hetero) is 1. The van der Waals surface area contributed by atoms with Crippen molar-refractivity contribution in [3.8, 4) is 5.75 Å². The first-order chi connectivity index (χ1) is 15.6. The SMILES string of the molecule is COc1ccccc1CN1CCN(C2(c3cccc(C)c3)Cc3ccccc3C2=O)CC1. The van der Waals surface area contributed by atoms with Gasteiger partial charge in [-0.3, -0.25) is 14.6 Å². The normalized spacial score (nSPS) is 21.5. The van der Waals surface area contributed by atoms with Crippen molar-refractivity contribution >= 4 is 5.78 Å². The molecule has 0 aromatic heterocycles. The number of fused-ring (bicyclic) bond motifs is 1. The fourth-order valence-corrected chi connectivity index (χ4v) is 5.41. The van der Waals surface area contributed by atoms with Gasteiger partial charge in [-0.2, -0.15) is 0 Å². The van der Waals surface area contributed by atoms with Crippen molar-refractivity contribution < 1.29 is 9.53 Å². The Morgan fingerprint density at radius 2 is 1.66 bits per heavy atom. The lowest BCUT2D eigenvalue weighted by Crippen LogP contribution is -2.58. The quantitative estimate of drug-likeness (QED) is 0.603. The number of piperazine rings is 1. The minimum atomic E-state index is -0.605. The van der Waals surface area contributed by atoms with Gasteiger partial charge in [-0.15, -0.1) is 0 Å². The summed E-state index contributed by atoms with van der Waals surface area (Å²) in [6.07, 6.45) is 0.748. The molecule has 164 valence electrons. The van der Waals surface area contributed by atoms with Gasteiger partial charge in [-0.1, -0.05) is 72.3 Å². The van der Waals surface area contributed by atoms with Crippen molar-refractivity contribution in [3.05, 3.63) is 101 Å².